The van der Waals surface area contributed by atoms with Gasteiger partial charge in [-0.05, 0) is 86.6 Å². The summed E-state index contributed by atoms with van der Waals surface area (Å²) in [6.45, 7) is 6.36. The van der Waals surface area contributed by atoms with Crippen molar-refractivity contribution in [1.29, 1.82) is 0 Å². The van der Waals surface area contributed by atoms with E-state index < -0.39 is 0 Å². The monoisotopic (exact) mass is 529 g/mol. The van der Waals surface area contributed by atoms with E-state index in [2.05, 4.69) is 47.0 Å². The third kappa shape index (κ3) is 4.97. The zero-order valence-electron chi connectivity index (χ0n) is 20.9. The van der Waals surface area contributed by atoms with E-state index in [1.54, 1.807) is 6.20 Å². The maximum Gasteiger partial charge on any atom is 0.244 e. The van der Waals surface area contributed by atoms with Gasteiger partial charge in [-0.15, -0.1) is 0 Å². The standard InChI is InChI=1S/C29H28ClN5OS/c1-18-12-13-21(30)16-25(18)35-19(2)15-23(20(35)3)28-27(24-11-7-8-14-31-24)33-29(37)34(28)17-26(36)32-22-9-5-4-6-10-22/h4-16,27-28H,17H2,1-3H3,(H,32,36)(H,33,37)/t27-,28+/m0/s1. The predicted molar refractivity (Wildman–Crippen MR) is 152 cm³/mol. The fourth-order valence-electron chi connectivity index (χ4n) is 5.07. The van der Waals surface area contributed by atoms with Crippen LogP contribution >= 0.6 is 23.8 Å². The molecule has 2 aromatic heterocycles. The Kier molecular flexibility index (Phi) is 7.00. The first-order valence-electron chi connectivity index (χ1n) is 12.1. The fourth-order valence-corrected chi connectivity index (χ4v) is 5.54. The Morgan fingerprint density at radius 1 is 1.05 bits per heavy atom. The number of para-hydroxylation sites is 1. The van der Waals surface area contributed by atoms with E-state index in [4.69, 9.17) is 23.8 Å². The van der Waals surface area contributed by atoms with Crippen molar-refractivity contribution in [2.24, 2.45) is 0 Å². The summed E-state index contributed by atoms with van der Waals surface area (Å²) in [6, 6.07) is 22.9. The lowest BCUT2D eigenvalue weighted by Gasteiger charge is -2.27. The van der Waals surface area contributed by atoms with Crippen molar-refractivity contribution in [2.75, 3.05) is 11.9 Å². The third-order valence-electron chi connectivity index (χ3n) is 6.77. The maximum atomic E-state index is 13.1. The second-order valence-electron chi connectivity index (χ2n) is 9.26. The molecule has 1 aliphatic rings. The van der Waals surface area contributed by atoms with Gasteiger partial charge in [0.15, 0.2) is 5.11 Å². The van der Waals surface area contributed by atoms with Gasteiger partial charge in [-0.2, -0.15) is 0 Å². The molecule has 37 heavy (non-hydrogen) atoms. The Labute approximate surface area is 227 Å². The molecule has 1 fully saturated rings. The molecule has 4 aromatic rings. The van der Waals surface area contributed by atoms with Crippen molar-refractivity contribution in [3.63, 3.8) is 0 Å². The summed E-state index contributed by atoms with van der Waals surface area (Å²) in [5.41, 5.74) is 6.98. The van der Waals surface area contributed by atoms with E-state index in [0.717, 1.165) is 39.6 Å². The molecule has 0 aliphatic carbocycles. The number of pyridine rings is 1. The highest BCUT2D eigenvalue weighted by Crippen LogP contribution is 2.41. The highest BCUT2D eigenvalue weighted by Gasteiger charge is 2.42. The van der Waals surface area contributed by atoms with Gasteiger partial charge in [0, 0.05) is 34.0 Å². The van der Waals surface area contributed by atoms with E-state index in [1.807, 2.05) is 71.6 Å². The minimum Gasteiger partial charge on any atom is -0.352 e. The van der Waals surface area contributed by atoms with Gasteiger partial charge in [-0.1, -0.05) is 41.9 Å². The number of thiocarbonyl (C=S) groups is 1. The van der Waals surface area contributed by atoms with E-state index in [9.17, 15) is 4.79 Å². The highest BCUT2D eigenvalue weighted by atomic mass is 35.5. The molecule has 2 aromatic carbocycles. The van der Waals surface area contributed by atoms with Crippen LogP contribution in [0.25, 0.3) is 5.69 Å². The van der Waals surface area contributed by atoms with Crippen molar-refractivity contribution < 1.29 is 4.79 Å². The molecular formula is C29H28ClN5OS. The second kappa shape index (κ2) is 10.4. The first-order valence-corrected chi connectivity index (χ1v) is 12.9. The smallest absolute Gasteiger partial charge is 0.244 e. The van der Waals surface area contributed by atoms with Gasteiger partial charge in [0.25, 0.3) is 0 Å². The number of nitrogens with zero attached hydrogens (tertiary/aromatic N) is 3. The molecule has 0 saturated carbocycles. The summed E-state index contributed by atoms with van der Waals surface area (Å²) in [6.07, 6.45) is 1.78. The van der Waals surface area contributed by atoms with Crippen LogP contribution in [0.4, 0.5) is 5.69 Å². The largest absolute Gasteiger partial charge is 0.352 e. The first kappa shape index (κ1) is 25.0. The Morgan fingerprint density at radius 2 is 1.81 bits per heavy atom. The predicted octanol–water partition coefficient (Wildman–Crippen LogP) is 6.06. The number of hydrogen-bond acceptors (Lipinski definition) is 3. The number of nitrogens with one attached hydrogen (secondary N) is 2. The molecule has 1 saturated heterocycles. The van der Waals surface area contributed by atoms with Crippen molar-refractivity contribution >= 4 is 40.5 Å². The van der Waals surface area contributed by atoms with Gasteiger partial charge in [0.1, 0.15) is 6.54 Å². The Balaban J connectivity index is 1.56. The minimum atomic E-state index is -0.233. The summed E-state index contributed by atoms with van der Waals surface area (Å²) in [4.78, 5) is 19.7. The van der Waals surface area contributed by atoms with Crippen molar-refractivity contribution in [3.8, 4) is 5.69 Å². The normalized spacial score (nSPS) is 17.1. The van der Waals surface area contributed by atoms with E-state index >= 15 is 0 Å². The number of rotatable bonds is 6. The molecule has 0 bridgehead atoms. The molecule has 0 radical (unpaired) electrons. The molecule has 1 amide bonds. The number of anilines is 1. The third-order valence-corrected chi connectivity index (χ3v) is 7.36. The van der Waals surface area contributed by atoms with Crippen LogP contribution in [0.5, 0.6) is 0 Å². The van der Waals surface area contributed by atoms with E-state index in [1.165, 1.54) is 0 Å². The first-order chi connectivity index (χ1) is 17.8. The summed E-state index contributed by atoms with van der Waals surface area (Å²) >= 11 is 12.1. The Morgan fingerprint density at radius 3 is 2.54 bits per heavy atom. The van der Waals surface area contributed by atoms with Gasteiger partial charge in [-0.25, -0.2) is 0 Å². The molecule has 0 spiro atoms. The molecule has 3 heterocycles. The SMILES string of the molecule is Cc1ccc(Cl)cc1-n1c(C)cc([C@@H]2[C@H](c3ccccn3)NC(=S)N2CC(=O)Nc2ccccc2)c1C. The summed E-state index contributed by atoms with van der Waals surface area (Å²) in [5.74, 6) is -0.137. The summed E-state index contributed by atoms with van der Waals surface area (Å²) in [5, 5.41) is 7.63. The molecule has 0 unspecified atom stereocenters. The van der Waals surface area contributed by atoms with Gasteiger partial charge in [0.05, 0.1) is 17.8 Å². The van der Waals surface area contributed by atoms with Crippen LogP contribution in [0.2, 0.25) is 5.02 Å². The van der Waals surface area contributed by atoms with Crippen LogP contribution in [-0.2, 0) is 4.79 Å². The average Bonchev–Trinajstić information content (AvgIpc) is 3.36. The molecule has 6 nitrogen and oxygen atoms in total. The molecule has 5 rings (SSSR count). The lowest BCUT2D eigenvalue weighted by atomic mass is 9.96. The summed E-state index contributed by atoms with van der Waals surface area (Å²) < 4.78 is 2.22. The number of aryl methyl sites for hydroxylation is 2. The lowest BCUT2D eigenvalue weighted by molar-refractivity contribution is -0.116. The van der Waals surface area contributed by atoms with Crippen molar-refractivity contribution in [2.45, 2.75) is 32.9 Å². The number of carbonyl (C=O) groups is 1. The Bertz CT molecular complexity index is 1450. The zero-order chi connectivity index (χ0) is 26.1. The zero-order valence-corrected chi connectivity index (χ0v) is 22.5. The molecule has 1 aliphatic heterocycles. The maximum absolute atomic E-state index is 13.1. The van der Waals surface area contributed by atoms with Crippen molar-refractivity contribution in [1.82, 2.24) is 19.8 Å². The molecule has 188 valence electrons. The lowest BCUT2D eigenvalue weighted by Crippen LogP contribution is -2.37. The quantitative estimate of drug-likeness (QED) is 0.297. The van der Waals surface area contributed by atoms with Crippen LogP contribution in [-0.4, -0.2) is 32.0 Å². The summed E-state index contributed by atoms with van der Waals surface area (Å²) in [7, 11) is 0. The average molecular weight is 530 g/mol. The molecule has 2 N–H and O–H groups in total. The van der Waals surface area contributed by atoms with Crippen LogP contribution in [0.1, 0.15) is 40.3 Å². The Hall–Kier alpha value is -3.68. The van der Waals surface area contributed by atoms with Crippen LogP contribution in [0.3, 0.4) is 0 Å². The number of amides is 1. The fraction of sp³-hybridized carbons (Fsp3) is 0.207. The minimum absolute atomic E-state index is 0.106. The number of carbonyl (C=O) groups excluding carboxylic acids is 1. The van der Waals surface area contributed by atoms with E-state index in [-0.39, 0.29) is 24.5 Å². The highest BCUT2D eigenvalue weighted by molar-refractivity contribution is 7.80. The number of hydrogen-bond donors (Lipinski definition) is 2. The van der Waals surface area contributed by atoms with Gasteiger partial charge >= 0.3 is 0 Å². The number of aromatic nitrogens is 2. The van der Waals surface area contributed by atoms with Crippen LogP contribution in [0, 0.1) is 20.8 Å². The van der Waals surface area contributed by atoms with Crippen LogP contribution in [0.15, 0.2) is 79.0 Å². The van der Waals surface area contributed by atoms with Gasteiger partial charge in [-0.3, -0.25) is 9.78 Å². The van der Waals surface area contributed by atoms with Crippen molar-refractivity contribution in [3.05, 3.63) is 112 Å². The molecule has 8 heteroatoms. The number of halogens is 1. The second-order valence-corrected chi connectivity index (χ2v) is 10.1. The molecule has 2 atom stereocenters. The molecular weight excluding hydrogens is 502 g/mol. The van der Waals surface area contributed by atoms with Gasteiger partial charge < -0.3 is 20.1 Å². The topological polar surface area (TPSA) is 62.2 Å². The van der Waals surface area contributed by atoms with E-state index in [0.29, 0.717) is 10.1 Å². The van der Waals surface area contributed by atoms with Gasteiger partial charge in [0.2, 0.25) is 5.91 Å². The van der Waals surface area contributed by atoms with Crippen LogP contribution < -0.4 is 10.6 Å². The number of benzene rings is 2.